The topological polar surface area (TPSA) is 52.5 Å². The number of nitriles is 1. The van der Waals surface area contributed by atoms with Crippen LogP contribution in [0.5, 0.6) is 0 Å². The molecule has 2 heterocycles. The van der Waals surface area contributed by atoms with Crippen LogP contribution in [0, 0.1) is 18.3 Å². The number of H-pyrrole nitrogens is 1. The SMILES string of the molecule is Cc1nccc2c1[nH]c1ccc(-c3cccc(CC#N)c3)cc12. The first-order valence-corrected chi connectivity index (χ1v) is 7.59. The molecule has 0 bridgehead atoms. The Morgan fingerprint density at radius 3 is 2.78 bits per heavy atom. The Kier molecular flexibility index (Phi) is 3.09. The van der Waals surface area contributed by atoms with Crippen LogP contribution in [0.1, 0.15) is 11.3 Å². The van der Waals surface area contributed by atoms with Crippen LogP contribution >= 0.6 is 0 Å². The van der Waals surface area contributed by atoms with Crippen molar-refractivity contribution in [2.45, 2.75) is 13.3 Å². The Bertz CT molecular complexity index is 1070. The van der Waals surface area contributed by atoms with Gasteiger partial charge >= 0.3 is 0 Å². The fraction of sp³-hybridized carbons (Fsp3) is 0.100. The van der Waals surface area contributed by atoms with Crippen LogP contribution < -0.4 is 0 Å². The molecule has 0 unspecified atom stereocenters. The van der Waals surface area contributed by atoms with Crippen LogP contribution in [0.3, 0.4) is 0 Å². The molecule has 3 nitrogen and oxygen atoms in total. The van der Waals surface area contributed by atoms with Crippen molar-refractivity contribution in [2.75, 3.05) is 0 Å². The number of nitrogens with one attached hydrogen (secondary N) is 1. The molecule has 0 spiro atoms. The van der Waals surface area contributed by atoms with Gasteiger partial charge in [0.2, 0.25) is 0 Å². The van der Waals surface area contributed by atoms with E-state index in [-0.39, 0.29) is 0 Å². The Labute approximate surface area is 134 Å². The average molecular weight is 297 g/mol. The zero-order valence-corrected chi connectivity index (χ0v) is 12.8. The number of hydrogen-bond acceptors (Lipinski definition) is 2. The van der Waals surface area contributed by atoms with Gasteiger partial charge in [0.1, 0.15) is 0 Å². The van der Waals surface area contributed by atoms with Gasteiger partial charge in [-0.15, -0.1) is 0 Å². The van der Waals surface area contributed by atoms with Crippen LogP contribution in [0.4, 0.5) is 0 Å². The van der Waals surface area contributed by atoms with E-state index < -0.39 is 0 Å². The molecule has 0 fully saturated rings. The molecule has 0 saturated heterocycles. The van der Waals surface area contributed by atoms with E-state index in [1.807, 2.05) is 25.3 Å². The molecule has 110 valence electrons. The van der Waals surface area contributed by atoms with Crippen molar-refractivity contribution in [3.63, 3.8) is 0 Å². The largest absolute Gasteiger partial charge is 0.353 e. The van der Waals surface area contributed by atoms with Gasteiger partial charge in [0.25, 0.3) is 0 Å². The summed E-state index contributed by atoms with van der Waals surface area (Å²) in [6.07, 6.45) is 2.29. The number of aromatic nitrogens is 2. The van der Waals surface area contributed by atoms with E-state index in [9.17, 15) is 0 Å². The Hall–Kier alpha value is -3.12. The van der Waals surface area contributed by atoms with Gasteiger partial charge in [-0.2, -0.15) is 5.26 Å². The fourth-order valence-electron chi connectivity index (χ4n) is 3.09. The number of aryl methyl sites for hydroxylation is 1. The number of pyridine rings is 1. The summed E-state index contributed by atoms with van der Waals surface area (Å²) >= 11 is 0. The molecule has 3 heteroatoms. The minimum atomic E-state index is 0.439. The highest BCUT2D eigenvalue weighted by Crippen LogP contribution is 2.31. The van der Waals surface area contributed by atoms with Crippen molar-refractivity contribution in [3.05, 3.63) is 66.0 Å². The van der Waals surface area contributed by atoms with Crippen LogP contribution in [-0.4, -0.2) is 9.97 Å². The molecule has 0 atom stereocenters. The zero-order valence-electron chi connectivity index (χ0n) is 12.8. The summed E-state index contributed by atoms with van der Waals surface area (Å²) in [5.74, 6) is 0. The normalized spacial score (nSPS) is 11.0. The molecule has 4 aromatic rings. The number of fused-ring (bicyclic) bond motifs is 3. The maximum absolute atomic E-state index is 8.88. The molecular formula is C20H15N3. The summed E-state index contributed by atoms with van der Waals surface area (Å²) < 4.78 is 0. The number of rotatable bonds is 2. The number of nitrogens with zero attached hydrogens (tertiary/aromatic N) is 2. The number of hydrogen-bond donors (Lipinski definition) is 1. The van der Waals surface area contributed by atoms with Gasteiger partial charge < -0.3 is 4.98 Å². The van der Waals surface area contributed by atoms with Gasteiger partial charge in [-0.25, -0.2) is 0 Å². The molecule has 2 aromatic heterocycles. The van der Waals surface area contributed by atoms with E-state index in [1.165, 1.54) is 10.8 Å². The van der Waals surface area contributed by atoms with Gasteiger partial charge in [-0.05, 0) is 41.8 Å². The third-order valence-corrected chi connectivity index (χ3v) is 4.25. The van der Waals surface area contributed by atoms with E-state index in [0.29, 0.717) is 6.42 Å². The van der Waals surface area contributed by atoms with E-state index in [0.717, 1.165) is 33.4 Å². The number of benzene rings is 2. The lowest BCUT2D eigenvalue weighted by molar-refractivity contribution is 1.22. The molecule has 2 aromatic carbocycles. The van der Waals surface area contributed by atoms with Crippen molar-refractivity contribution < 1.29 is 0 Å². The fourth-order valence-corrected chi connectivity index (χ4v) is 3.09. The highest BCUT2D eigenvalue weighted by molar-refractivity contribution is 6.09. The van der Waals surface area contributed by atoms with Gasteiger partial charge in [-0.3, -0.25) is 4.98 Å². The van der Waals surface area contributed by atoms with Gasteiger partial charge in [0, 0.05) is 22.5 Å². The molecule has 0 amide bonds. The minimum Gasteiger partial charge on any atom is -0.353 e. The lowest BCUT2D eigenvalue weighted by Crippen LogP contribution is -1.83. The predicted molar refractivity (Wildman–Crippen MR) is 93.1 cm³/mol. The standard InChI is InChI=1S/C20H15N3/c1-13-20-17(8-10-22-13)18-12-16(5-6-19(18)23-20)15-4-2-3-14(11-15)7-9-21/h2-6,8,10-12,23H,7H2,1H3. The lowest BCUT2D eigenvalue weighted by atomic mass is 10.00. The molecule has 0 radical (unpaired) electrons. The molecule has 0 aliphatic heterocycles. The maximum Gasteiger partial charge on any atom is 0.0681 e. The highest BCUT2D eigenvalue weighted by atomic mass is 14.8. The van der Waals surface area contributed by atoms with Gasteiger partial charge in [0.05, 0.1) is 23.7 Å². The predicted octanol–water partition coefficient (Wildman–Crippen LogP) is 4.76. The van der Waals surface area contributed by atoms with Gasteiger partial charge in [0.15, 0.2) is 0 Å². The van der Waals surface area contributed by atoms with Crippen LogP contribution in [0.25, 0.3) is 32.9 Å². The Morgan fingerprint density at radius 2 is 1.91 bits per heavy atom. The molecular weight excluding hydrogens is 282 g/mol. The number of aromatic amines is 1. The summed E-state index contributed by atoms with van der Waals surface area (Å²) in [5.41, 5.74) is 6.57. The maximum atomic E-state index is 8.88. The minimum absolute atomic E-state index is 0.439. The van der Waals surface area contributed by atoms with E-state index >= 15 is 0 Å². The molecule has 23 heavy (non-hydrogen) atoms. The third kappa shape index (κ3) is 2.25. The highest BCUT2D eigenvalue weighted by Gasteiger charge is 2.08. The first-order valence-electron chi connectivity index (χ1n) is 7.59. The zero-order chi connectivity index (χ0) is 15.8. The summed E-state index contributed by atoms with van der Waals surface area (Å²) in [6, 6.07) is 18.9. The van der Waals surface area contributed by atoms with E-state index in [4.69, 9.17) is 5.26 Å². The molecule has 4 rings (SSSR count). The smallest absolute Gasteiger partial charge is 0.0681 e. The molecule has 0 aliphatic carbocycles. The average Bonchev–Trinajstić information content (AvgIpc) is 2.95. The molecule has 0 aliphatic rings. The van der Waals surface area contributed by atoms with Crippen LogP contribution in [0.2, 0.25) is 0 Å². The van der Waals surface area contributed by atoms with Gasteiger partial charge in [-0.1, -0.05) is 30.3 Å². The van der Waals surface area contributed by atoms with Crippen molar-refractivity contribution >= 4 is 21.8 Å². The van der Waals surface area contributed by atoms with E-state index in [1.54, 1.807) is 0 Å². The summed E-state index contributed by atoms with van der Waals surface area (Å²) in [6.45, 7) is 2.02. The first kappa shape index (κ1) is 13.5. The van der Waals surface area contributed by atoms with Crippen molar-refractivity contribution in [2.24, 2.45) is 0 Å². The van der Waals surface area contributed by atoms with Crippen molar-refractivity contribution in [3.8, 4) is 17.2 Å². The Morgan fingerprint density at radius 1 is 1.04 bits per heavy atom. The quantitative estimate of drug-likeness (QED) is 0.580. The van der Waals surface area contributed by atoms with Crippen LogP contribution in [0.15, 0.2) is 54.7 Å². The Balaban J connectivity index is 1.92. The third-order valence-electron chi connectivity index (χ3n) is 4.25. The van der Waals surface area contributed by atoms with Crippen molar-refractivity contribution in [1.29, 1.82) is 5.26 Å². The summed E-state index contributed by atoms with van der Waals surface area (Å²) in [7, 11) is 0. The second-order valence-corrected chi connectivity index (χ2v) is 5.74. The second kappa shape index (κ2) is 5.26. The second-order valence-electron chi connectivity index (χ2n) is 5.74. The summed E-state index contributed by atoms with van der Waals surface area (Å²) in [4.78, 5) is 7.80. The summed E-state index contributed by atoms with van der Waals surface area (Å²) in [5, 5.41) is 11.3. The monoisotopic (exact) mass is 297 g/mol. The molecule has 1 N–H and O–H groups in total. The first-order chi connectivity index (χ1) is 11.3. The van der Waals surface area contributed by atoms with Crippen LogP contribution in [-0.2, 0) is 6.42 Å². The van der Waals surface area contributed by atoms with E-state index in [2.05, 4.69) is 52.4 Å². The lowest BCUT2D eigenvalue weighted by Gasteiger charge is -2.04. The molecule has 0 saturated carbocycles. The van der Waals surface area contributed by atoms with Crippen molar-refractivity contribution in [1.82, 2.24) is 9.97 Å².